The minimum Gasteiger partial charge on any atom is -0.494 e. The molecule has 1 aliphatic carbocycles. The molecule has 0 radical (unpaired) electrons. The van der Waals surface area contributed by atoms with E-state index in [9.17, 15) is 38.0 Å². The second kappa shape index (κ2) is 36.2. The number of rotatable bonds is 20. The van der Waals surface area contributed by atoms with E-state index >= 15 is 0 Å². The molecule has 4 atom stereocenters. The van der Waals surface area contributed by atoms with Gasteiger partial charge in [0.2, 0.25) is 23.8 Å². The van der Waals surface area contributed by atoms with Crippen LogP contribution in [-0.4, -0.2) is 241 Å². The Kier molecular flexibility index (Phi) is 24.5. The predicted molar refractivity (Wildman–Crippen MR) is 500 cm³/mol. The largest absolute Gasteiger partial charge is 0.494 e. The van der Waals surface area contributed by atoms with Crippen LogP contribution in [0.5, 0.6) is 23.0 Å². The van der Waals surface area contributed by atoms with Crippen LogP contribution in [0.15, 0.2) is 85.7 Å². The fourth-order valence-corrected chi connectivity index (χ4v) is 18.9. The number of ether oxygens (including phenoxy) is 4. The lowest BCUT2D eigenvalue weighted by atomic mass is 9.80. The van der Waals surface area contributed by atoms with E-state index in [0.29, 0.717) is 145 Å². The quantitative estimate of drug-likeness (QED) is 0.0329. The van der Waals surface area contributed by atoms with Crippen molar-refractivity contribution < 1.29 is 56.9 Å². The highest BCUT2D eigenvalue weighted by molar-refractivity contribution is 5.99. The number of fused-ring (bicyclic) bond motifs is 12. The van der Waals surface area contributed by atoms with Crippen molar-refractivity contribution in [1.82, 2.24) is 117 Å². The molecule has 4 aliphatic heterocycles. The SMILES string of the molecule is COc1cc(F)cc2c1nc(N)n1nc([C@@H]3CCCN(c4cn(CC(C)(C)O)nc4C)C3)nc21.COc1cc(F)cc2c1nc(N)n1nc([C@@H]3CCCN(c4cnn(CC(C)(C)O)c4)C3)nc21.COc1cc(F)cc2c1nc(N)n1nc([C@@H]3CCCN(c4cnn(CC(C)(C)O)c4C)C3)nc21.COc1cc(F)cc2c1nc(N)n1nc([C@@H]3CCCN(c4cnn(CC5(O)CCC5)c4)C3)nc21. The van der Waals surface area contributed by atoms with E-state index in [0.717, 1.165) is 151 Å². The number of aromatic nitrogens is 24. The number of anilines is 8. The minimum atomic E-state index is -0.849. The first kappa shape index (κ1) is 91.6. The molecule has 4 saturated heterocycles. The van der Waals surface area contributed by atoms with Gasteiger partial charge >= 0.3 is 0 Å². The van der Waals surface area contributed by atoms with Gasteiger partial charge < -0.3 is 81.9 Å². The van der Waals surface area contributed by atoms with Crippen LogP contribution in [-0.2, 0) is 26.2 Å². The van der Waals surface area contributed by atoms with E-state index in [1.54, 1.807) is 50.9 Å². The zero-order chi connectivity index (χ0) is 95.2. The van der Waals surface area contributed by atoms with Crippen molar-refractivity contribution >= 4 is 113 Å². The maximum absolute atomic E-state index is 14.2. The van der Waals surface area contributed by atoms with Gasteiger partial charge in [-0.2, -0.15) is 38.5 Å². The summed E-state index contributed by atoms with van der Waals surface area (Å²) >= 11 is 0. The number of nitrogens with zero attached hydrogens (tertiary/aromatic N) is 28. The van der Waals surface area contributed by atoms with Gasteiger partial charge in [-0.15, -0.1) is 20.4 Å². The molecule has 0 spiro atoms. The van der Waals surface area contributed by atoms with Gasteiger partial charge in [0, 0.05) is 119 Å². The van der Waals surface area contributed by atoms with Crippen LogP contribution in [0.3, 0.4) is 0 Å². The van der Waals surface area contributed by atoms with Crippen LogP contribution in [0.1, 0.15) is 171 Å². The van der Waals surface area contributed by atoms with Gasteiger partial charge in [-0.25, -0.2) is 57.4 Å². The summed E-state index contributed by atoms with van der Waals surface area (Å²) in [6.45, 7) is 22.8. The second-order valence-electron chi connectivity index (χ2n) is 37.7. The lowest BCUT2D eigenvalue weighted by Crippen LogP contribution is -2.41. The smallest absolute Gasteiger partial charge is 0.223 e. The number of nitrogen functional groups attached to an aromatic ring is 4. The summed E-state index contributed by atoms with van der Waals surface area (Å²) < 4.78 is 91.1. The topological polar surface area (TPSA) is 478 Å². The third-order valence-electron chi connectivity index (χ3n) is 25.4. The molecule has 5 fully saturated rings. The highest BCUT2D eigenvalue weighted by Crippen LogP contribution is 2.42. The third-order valence-corrected chi connectivity index (χ3v) is 25.4. The highest BCUT2D eigenvalue weighted by Gasteiger charge is 2.38. The van der Waals surface area contributed by atoms with Crippen LogP contribution >= 0.6 is 0 Å². The molecule has 0 amide bonds. The molecule has 5 aliphatic rings. The molecular formula is C91H112F4N32O8. The average Bonchev–Trinajstić information content (AvgIpc) is 1.65. The Morgan fingerprint density at radius 3 is 1.06 bits per heavy atom. The Bertz CT molecular complexity index is 6970. The van der Waals surface area contributed by atoms with Gasteiger partial charge in [-0.3, -0.25) is 18.7 Å². The first-order valence-corrected chi connectivity index (χ1v) is 45.2. The molecule has 44 heteroatoms. The van der Waals surface area contributed by atoms with Gasteiger partial charge in [0.25, 0.3) is 0 Å². The summed E-state index contributed by atoms with van der Waals surface area (Å²) in [7, 11) is 5.87. The van der Waals surface area contributed by atoms with Gasteiger partial charge in [0.1, 0.15) is 68.3 Å². The molecule has 12 aromatic heterocycles. The lowest BCUT2D eigenvalue weighted by molar-refractivity contribution is -0.0498. The molecule has 16 aromatic rings. The Morgan fingerprint density at radius 1 is 0.393 bits per heavy atom. The fraction of sp³-hybridized carbons (Fsp3) is 0.473. The standard InChI is InChI=1S/C23H27FN8O2.2C23H29FN8O2.C22H27FN8O2/c1-34-18-9-15(24)8-17-19(18)27-22(25)32-21(17)28-20(29-32)14-4-2-7-30(11-14)16-10-26-31(12-16)13-23(33)5-3-6-23;1-13-17(10-26-31(13)12-23(2,3)33)30-7-5-6-14(11-30)20-28-21-16-8-15(24)9-18(34-4)19(16)27-22(25)32(21)29-20;1-13-17(11-31(28-13)12-23(2,3)33)30-7-5-6-14(10-30)20-27-21-16-8-15(24)9-18(34-4)19(16)26-22(25)32(21)29-20;1-22(2,32)12-30-11-15(9-25-30)29-6-4-5-13(10-29)19-27-20-16-7-14(23)8-17(33-3)18(16)26-21(24)31(20)28-19/h8-10,12,14,33H,2-7,11,13H2,1H3,(H2,25,27);8-10,14,33H,5-7,11-12H2,1-4H3,(H2,25,27);8-9,11,14,33H,5-7,10,12H2,1-4H3,(H2,25,26);7-9,11,13,32H,4-6,10,12H2,1-3H3,(H2,24,26)/t3*14-;13-/m1111/s1. The molecule has 712 valence electrons. The molecule has 0 bridgehead atoms. The van der Waals surface area contributed by atoms with Crippen molar-refractivity contribution in [3.05, 3.63) is 144 Å². The predicted octanol–water partition coefficient (Wildman–Crippen LogP) is 10.2. The van der Waals surface area contributed by atoms with Crippen LogP contribution in [0.25, 0.3) is 66.2 Å². The van der Waals surface area contributed by atoms with E-state index in [1.807, 2.05) is 60.4 Å². The Labute approximate surface area is 771 Å². The van der Waals surface area contributed by atoms with E-state index < -0.39 is 45.7 Å². The van der Waals surface area contributed by atoms with Gasteiger partial charge in [0.15, 0.2) is 45.9 Å². The maximum atomic E-state index is 14.2. The number of hydrogen-bond acceptors (Lipinski definition) is 32. The zero-order valence-electron chi connectivity index (χ0n) is 77.4. The molecule has 21 rings (SSSR count). The van der Waals surface area contributed by atoms with Gasteiger partial charge in [-0.1, -0.05) is 0 Å². The summed E-state index contributed by atoms with van der Waals surface area (Å²) in [5.74, 6) is 3.02. The number of benzene rings is 4. The van der Waals surface area contributed by atoms with Crippen LogP contribution in [0.4, 0.5) is 64.1 Å². The van der Waals surface area contributed by atoms with Gasteiger partial charge in [0.05, 0.1) is 151 Å². The Morgan fingerprint density at radius 2 is 0.719 bits per heavy atom. The van der Waals surface area contributed by atoms with Crippen molar-refractivity contribution in [2.75, 3.05) is 123 Å². The van der Waals surface area contributed by atoms with Crippen LogP contribution < -0.4 is 61.5 Å². The number of methoxy groups -OCH3 is 4. The van der Waals surface area contributed by atoms with Crippen molar-refractivity contribution in [3.8, 4) is 23.0 Å². The molecule has 1 saturated carbocycles. The second-order valence-corrected chi connectivity index (χ2v) is 37.7. The van der Waals surface area contributed by atoms with E-state index in [2.05, 4.69) is 80.3 Å². The molecule has 40 nitrogen and oxygen atoms in total. The number of piperidine rings is 4. The monoisotopic (exact) mass is 1860 g/mol. The summed E-state index contributed by atoms with van der Waals surface area (Å²) in [4.78, 5) is 45.7. The minimum absolute atomic E-state index is 0.0654. The maximum Gasteiger partial charge on any atom is 0.223 e. The molecular weight excluding hydrogens is 1750 g/mol. The van der Waals surface area contributed by atoms with E-state index in [-0.39, 0.29) is 47.5 Å². The lowest BCUT2D eigenvalue weighted by Gasteiger charge is -2.36. The first-order valence-electron chi connectivity index (χ1n) is 45.2. The third kappa shape index (κ3) is 19.0. The van der Waals surface area contributed by atoms with Crippen LogP contribution in [0, 0.1) is 37.1 Å². The van der Waals surface area contributed by atoms with Crippen molar-refractivity contribution in [2.45, 2.75) is 198 Å². The number of nitrogens with two attached hydrogens (primary N) is 4. The number of aliphatic hydroxyl groups is 4. The highest BCUT2D eigenvalue weighted by atomic mass is 19.1. The number of hydrogen-bond donors (Lipinski definition) is 8. The summed E-state index contributed by atoms with van der Waals surface area (Å²) in [6, 6.07) is 10.6. The van der Waals surface area contributed by atoms with Crippen LogP contribution in [0.2, 0.25) is 0 Å². The molecule has 4 aromatic carbocycles. The first-order chi connectivity index (χ1) is 64.4. The van der Waals surface area contributed by atoms with Gasteiger partial charge in [-0.05, 0) is 150 Å². The fourth-order valence-electron chi connectivity index (χ4n) is 18.9. The van der Waals surface area contributed by atoms with E-state index in [1.165, 1.54) is 95.0 Å². The Hall–Kier alpha value is -13.9. The summed E-state index contributed by atoms with van der Waals surface area (Å²) in [6.07, 6.45) is 21.8. The average molecular weight is 1860 g/mol. The summed E-state index contributed by atoms with van der Waals surface area (Å²) in [5.41, 5.74) is 31.2. The van der Waals surface area contributed by atoms with Crippen molar-refractivity contribution in [2.24, 2.45) is 0 Å². The molecule has 135 heavy (non-hydrogen) atoms. The molecule has 0 unspecified atom stereocenters. The van der Waals surface area contributed by atoms with E-state index in [4.69, 9.17) is 61.8 Å². The van der Waals surface area contributed by atoms with Crippen molar-refractivity contribution in [1.29, 1.82) is 0 Å². The van der Waals surface area contributed by atoms with Crippen molar-refractivity contribution in [3.63, 3.8) is 0 Å². The molecule has 12 N–H and O–H groups in total. The summed E-state index contributed by atoms with van der Waals surface area (Å²) in [5, 5.41) is 79.3. The number of halogens is 4. The molecule has 16 heterocycles. The number of aryl methyl sites for hydroxylation is 1. The Balaban J connectivity index is 0.000000120. The normalized spacial score (nSPS) is 17.9. The zero-order valence-corrected chi connectivity index (χ0v) is 77.4.